The summed E-state index contributed by atoms with van der Waals surface area (Å²) < 4.78 is 4.24. The highest BCUT2D eigenvalue weighted by Gasteiger charge is 1.89. The van der Waals surface area contributed by atoms with Gasteiger partial charge in [0.2, 0.25) is 0 Å². The predicted molar refractivity (Wildman–Crippen MR) is 26.5 cm³/mol. The molecule has 0 aliphatic heterocycles. The van der Waals surface area contributed by atoms with Gasteiger partial charge in [-0.3, -0.25) is 4.79 Å². The van der Waals surface area contributed by atoms with Crippen molar-refractivity contribution >= 4 is 6.47 Å². The van der Waals surface area contributed by atoms with Crippen molar-refractivity contribution in [3.8, 4) is 6.01 Å². The molecule has 1 heterocycles. The Kier molecular flexibility index (Phi) is 1.69. The number of aromatic nitrogens is 3. The van der Waals surface area contributed by atoms with Crippen LogP contribution >= 0.6 is 0 Å². The summed E-state index contributed by atoms with van der Waals surface area (Å²) in [7, 11) is 0. The van der Waals surface area contributed by atoms with Crippen LogP contribution in [0.15, 0.2) is 12.4 Å². The Morgan fingerprint density at radius 3 is 3.00 bits per heavy atom. The van der Waals surface area contributed by atoms with Crippen LogP contribution in [0.4, 0.5) is 0 Å². The summed E-state index contributed by atoms with van der Waals surface area (Å²) in [5.41, 5.74) is 0. The third kappa shape index (κ3) is 1.45. The number of nitrogens with zero attached hydrogens (tertiary/aromatic N) is 3. The van der Waals surface area contributed by atoms with Gasteiger partial charge in [0.25, 0.3) is 0 Å². The van der Waals surface area contributed by atoms with Gasteiger partial charge < -0.3 is 4.74 Å². The lowest BCUT2D eigenvalue weighted by molar-refractivity contribution is -0.121. The van der Waals surface area contributed by atoms with E-state index in [1.165, 1.54) is 12.4 Å². The van der Waals surface area contributed by atoms with Crippen molar-refractivity contribution in [3.05, 3.63) is 12.4 Å². The predicted octanol–water partition coefficient (Wildman–Crippen LogP) is -0.593. The Labute approximate surface area is 50.7 Å². The molecule has 1 aromatic rings. The molecule has 46 valence electrons. The van der Waals surface area contributed by atoms with E-state index >= 15 is 0 Å². The van der Waals surface area contributed by atoms with Gasteiger partial charge in [-0.2, -0.15) is 5.10 Å². The molecular formula is C4H3N3O2. The van der Waals surface area contributed by atoms with Gasteiger partial charge in [-0.1, -0.05) is 5.10 Å². The van der Waals surface area contributed by atoms with Crippen molar-refractivity contribution in [1.29, 1.82) is 0 Å². The van der Waals surface area contributed by atoms with Gasteiger partial charge in [0.1, 0.15) is 0 Å². The molecule has 0 N–H and O–H groups in total. The van der Waals surface area contributed by atoms with E-state index in [1.54, 1.807) is 0 Å². The fourth-order valence-corrected chi connectivity index (χ4v) is 0.332. The van der Waals surface area contributed by atoms with Crippen molar-refractivity contribution in [2.45, 2.75) is 0 Å². The smallest absolute Gasteiger partial charge is 0.343 e. The van der Waals surface area contributed by atoms with E-state index in [9.17, 15) is 4.79 Å². The van der Waals surface area contributed by atoms with Gasteiger partial charge >= 0.3 is 12.5 Å². The maximum atomic E-state index is 9.64. The van der Waals surface area contributed by atoms with Crippen LogP contribution in [0.2, 0.25) is 0 Å². The molecule has 1 rings (SSSR count). The van der Waals surface area contributed by atoms with Crippen LogP contribution in [0.3, 0.4) is 0 Å². The number of carbonyl (C=O) groups is 1. The third-order valence-electron chi connectivity index (χ3n) is 0.615. The first-order valence-electron chi connectivity index (χ1n) is 2.17. The van der Waals surface area contributed by atoms with Gasteiger partial charge in [0.05, 0.1) is 12.4 Å². The fourth-order valence-electron chi connectivity index (χ4n) is 0.332. The SMILES string of the molecule is O=COc1nccnn1. The molecule has 0 fully saturated rings. The zero-order valence-electron chi connectivity index (χ0n) is 4.39. The number of rotatable bonds is 2. The highest BCUT2D eigenvalue weighted by molar-refractivity contribution is 5.40. The lowest BCUT2D eigenvalue weighted by atomic mass is 10.9. The number of hydrogen-bond acceptors (Lipinski definition) is 5. The minimum atomic E-state index is -0.0347. The molecule has 0 aromatic carbocycles. The Bertz CT molecular complexity index is 188. The molecule has 1 aromatic heterocycles. The normalized spacial score (nSPS) is 8.44. The maximum Gasteiger partial charge on any atom is 0.343 e. The second-order valence-electron chi connectivity index (χ2n) is 1.14. The third-order valence-corrected chi connectivity index (χ3v) is 0.615. The van der Waals surface area contributed by atoms with Crippen LogP contribution in [-0.2, 0) is 4.79 Å². The summed E-state index contributed by atoms with van der Waals surface area (Å²) >= 11 is 0. The second-order valence-corrected chi connectivity index (χ2v) is 1.14. The largest absolute Gasteiger partial charge is 0.392 e. The molecule has 0 bridgehead atoms. The van der Waals surface area contributed by atoms with E-state index < -0.39 is 0 Å². The molecule has 0 aliphatic rings. The number of hydrogen-bond donors (Lipinski definition) is 0. The van der Waals surface area contributed by atoms with Crippen LogP contribution in [0.1, 0.15) is 0 Å². The summed E-state index contributed by atoms with van der Waals surface area (Å²) in [4.78, 5) is 13.2. The van der Waals surface area contributed by atoms with Crippen LogP contribution in [0, 0.1) is 0 Å². The first-order chi connectivity index (χ1) is 4.43. The Balaban J connectivity index is 2.72. The monoisotopic (exact) mass is 125 g/mol. The minimum Gasteiger partial charge on any atom is -0.392 e. The van der Waals surface area contributed by atoms with Crippen molar-refractivity contribution in [1.82, 2.24) is 15.2 Å². The molecule has 0 saturated carbocycles. The maximum absolute atomic E-state index is 9.64. The summed E-state index contributed by atoms with van der Waals surface area (Å²) in [6.45, 7) is 0.247. The lowest BCUT2D eigenvalue weighted by Gasteiger charge is -1.88. The molecule has 0 radical (unpaired) electrons. The molecule has 0 unspecified atom stereocenters. The molecule has 0 amide bonds. The number of ether oxygens (including phenoxy) is 1. The summed E-state index contributed by atoms with van der Waals surface area (Å²) in [5, 5.41) is 6.76. The number of carbonyl (C=O) groups excluding carboxylic acids is 1. The van der Waals surface area contributed by atoms with Crippen LogP contribution in [0.25, 0.3) is 0 Å². The van der Waals surface area contributed by atoms with E-state index in [1.807, 2.05) is 0 Å². The van der Waals surface area contributed by atoms with Gasteiger partial charge in [0.15, 0.2) is 0 Å². The fraction of sp³-hybridized carbons (Fsp3) is 0. The molecule has 5 heteroatoms. The van der Waals surface area contributed by atoms with E-state index in [-0.39, 0.29) is 12.5 Å². The second kappa shape index (κ2) is 2.71. The Morgan fingerprint density at radius 2 is 2.44 bits per heavy atom. The molecule has 0 aliphatic carbocycles. The van der Waals surface area contributed by atoms with Crippen molar-refractivity contribution in [2.24, 2.45) is 0 Å². The summed E-state index contributed by atoms with van der Waals surface area (Å²) in [5.74, 6) is 0. The zero-order valence-corrected chi connectivity index (χ0v) is 4.39. The molecule has 0 atom stereocenters. The first-order valence-corrected chi connectivity index (χ1v) is 2.17. The standard InChI is InChI=1S/C4H3N3O2/c8-3-9-4-5-1-2-6-7-4/h1-3H. The Hall–Kier alpha value is -1.52. The van der Waals surface area contributed by atoms with Crippen LogP contribution < -0.4 is 4.74 Å². The lowest BCUT2D eigenvalue weighted by Crippen LogP contribution is -1.95. The highest BCUT2D eigenvalue weighted by Crippen LogP contribution is 1.90. The average molecular weight is 125 g/mol. The quantitative estimate of drug-likeness (QED) is 0.494. The van der Waals surface area contributed by atoms with Crippen molar-refractivity contribution in [2.75, 3.05) is 0 Å². The van der Waals surface area contributed by atoms with Crippen molar-refractivity contribution < 1.29 is 9.53 Å². The van der Waals surface area contributed by atoms with E-state index in [2.05, 4.69) is 19.9 Å². The molecule has 0 saturated heterocycles. The molecule has 9 heavy (non-hydrogen) atoms. The zero-order chi connectivity index (χ0) is 6.53. The Morgan fingerprint density at radius 1 is 1.56 bits per heavy atom. The molecular weight excluding hydrogens is 122 g/mol. The first kappa shape index (κ1) is 5.61. The van der Waals surface area contributed by atoms with Gasteiger partial charge in [0, 0.05) is 0 Å². The summed E-state index contributed by atoms with van der Waals surface area (Å²) in [6.07, 6.45) is 2.77. The van der Waals surface area contributed by atoms with E-state index in [0.717, 1.165) is 0 Å². The van der Waals surface area contributed by atoms with Gasteiger partial charge in [-0.05, 0) is 0 Å². The van der Waals surface area contributed by atoms with Crippen LogP contribution in [0.5, 0.6) is 6.01 Å². The molecule has 5 nitrogen and oxygen atoms in total. The topological polar surface area (TPSA) is 65.0 Å². The van der Waals surface area contributed by atoms with Crippen LogP contribution in [-0.4, -0.2) is 21.7 Å². The average Bonchev–Trinajstić information content (AvgIpc) is 1.91. The van der Waals surface area contributed by atoms with Gasteiger partial charge in [-0.25, -0.2) is 4.98 Å². The minimum absolute atomic E-state index is 0.0347. The van der Waals surface area contributed by atoms with Gasteiger partial charge in [-0.15, -0.1) is 0 Å². The van der Waals surface area contributed by atoms with E-state index in [4.69, 9.17) is 0 Å². The van der Waals surface area contributed by atoms with E-state index in [0.29, 0.717) is 0 Å². The van der Waals surface area contributed by atoms with Crippen molar-refractivity contribution in [3.63, 3.8) is 0 Å². The highest BCUT2D eigenvalue weighted by atomic mass is 16.5. The molecule has 0 spiro atoms. The summed E-state index contributed by atoms with van der Waals surface area (Å²) in [6, 6.07) is -0.0347.